The van der Waals surface area contributed by atoms with Gasteiger partial charge < -0.3 is 5.11 Å². The number of aromatic carboxylic acids is 1. The molecule has 0 fully saturated rings. The maximum absolute atomic E-state index is 10.7. The Morgan fingerprint density at radius 2 is 2.23 bits per heavy atom. The van der Waals surface area contributed by atoms with Crippen molar-refractivity contribution in [3.63, 3.8) is 0 Å². The third-order valence-electron chi connectivity index (χ3n) is 1.65. The van der Waals surface area contributed by atoms with Crippen LogP contribution in [-0.2, 0) is 0 Å². The zero-order valence-electron chi connectivity index (χ0n) is 6.84. The molecule has 0 spiro atoms. The van der Waals surface area contributed by atoms with E-state index in [4.69, 9.17) is 10.4 Å². The molecule has 0 amide bonds. The molecule has 0 aliphatic carbocycles. The highest BCUT2D eigenvalue weighted by Crippen LogP contribution is 2.20. The van der Waals surface area contributed by atoms with E-state index in [2.05, 4.69) is 15.9 Å². The summed E-state index contributed by atoms with van der Waals surface area (Å²) in [6, 6.07) is 4.82. The molecule has 1 aromatic carbocycles. The Balaban J connectivity index is 3.44. The van der Waals surface area contributed by atoms with Gasteiger partial charge in [-0.15, -0.1) is 0 Å². The molecule has 1 rings (SSSR count). The summed E-state index contributed by atoms with van der Waals surface area (Å²) in [5.74, 6) is -1.08. The third kappa shape index (κ3) is 1.87. The van der Waals surface area contributed by atoms with Crippen LogP contribution in [0.5, 0.6) is 0 Å². The van der Waals surface area contributed by atoms with E-state index in [-0.39, 0.29) is 11.1 Å². The van der Waals surface area contributed by atoms with Crippen LogP contribution >= 0.6 is 15.9 Å². The van der Waals surface area contributed by atoms with Crippen molar-refractivity contribution < 1.29 is 9.90 Å². The summed E-state index contributed by atoms with van der Waals surface area (Å²) in [6.45, 7) is 1.78. The second-order valence-electron chi connectivity index (χ2n) is 2.56. The van der Waals surface area contributed by atoms with Crippen molar-refractivity contribution >= 4 is 21.9 Å². The lowest BCUT2D eigenvalue weighted by Gasteiger charge is -2.02. The van der Waals surface area contributed by atoms with Gasteiger partial charge in [-0.05, 0) is 24.6 Å². The SMILES string of the molecule is Cc1cc(C(=O)O)c(C#N)cc1Br. The summed E-state index contributed by atoms with van der Waals surface area (Å²) in [5, 5.41) is 17.4. The molecular formula is C9H6BrNO2. The largest absolute Gasteiger partial charge is 0.478 e. The summed E-state index contributed by atoms with van der Waals surface area (Å²) < 4.78 is 0.744. The molecular weight excluding hydrogens is 234 g/mol. The van der Waals surface area contributed by atoms with Crippen LogP contribution in [0.4, 0.5) is 0 Å². The second-order valence-corrected chi connectivity index (χ2v) is 3.42. The molecule has 13 heavy (non-hydrogen) atoms. The molecule has 0 aliphatic heterocycles. The standard InChI is InChI=1S/C9H6BrNO2/c1-5-2-7(9(12)13)6(4-11)3-8(5)10/h2-3H,1H3,(H,12,13). The number of halogens is 1. The number of hydrogen-bond acceptors (Lipinski definition) is 2. The molecule has 0 unspecified atom stereocenters. The molecule has 1 N–H and O–H groups in total. The number of rotatable bonds is 1. The van der Waals surface area contributed by atoms with Crippen molar-refractivity contribution in [1.82, 2.24) is 0 Å². The highest BCUT2D eigenvalue weighted by Gasteiger charge is 2.11. The summed E-state index contributed by atoms with van der Waals surface area (Å²) in [4.78, 5) is 10.7. The van der Waals surface area contributed by atoms with Crippen LogP contribution in [0.3, 0.4) is 0 Å². The van der Waals surface area contributed by atoms with E-state index in [1.807, 2.05) is 6.07 Å². The number of aryl methyl sites for hydroxylation is 1. The Hall–Kier alpha value is -1.34. The Labute approximate surface area is 83.7 Å². The van der Waals surface area contributed by atoms with Crippen molar-refractivity contribution in [2.75, 3.05) is 0 Å². The lowest BCUT2D eigenvalue weighted by Crippen LogP contribution is -2.00. The molecule has 0 saturated carbocycles. The zero-order valence-corrected chi connectivity index (χ0v) is 8.42. The number of carboxylic acid groups (broad SMARTS) is 1. The Morgan fingerprint density at radius 1 is 1.62 bits per heavy atom. The number of carboxylic acids is 1. The monoisotopic (exact) mass is 239 g/mol. The summed E-state index contributed by atoms with van der Waals surface area (Å²) in [6.07, 6.45) is 0. The van der Waals surface area contributed by atoms with E-state index in [1.54, 1.807) is 6.92 Å². The van der Waals surface area contributed by atoms with Crippen LogP contribution in [0, 0.1) is 18.3 Å². The fourth-order valence-corrected chi connectivity index (χ4v) is 1.29. The van der Waals surface area contributed by atoms with Crippen LogP contribution in [-0.4, -0.2) is 11.1 Å². The number of benzene rings is 1. The number of nitriles is 1. The zero-order chi connectivity index (χ0) is 10.0. The lowest BCUT2D eigenvalue weighted by atomic mass is 10.1. The van der Waals surface area contributed by atoms with Crippen molar-refractivity contribution in [1.29, 1.82) is 5.26 Å². The summed E-state index contributed by atoms with van der Waals surface area (Å²) in [7, 11) is 0. The number of hydrogen-bond donors (Lipinski definition) is 1. The normalized spacial score (nSPS) is 9.31. The molecule has 0 heterocycles. The van der Waals surface area contributed by atoms with E-state index >= 15 is 0 Å². The van der Waals surface area contributed by atoms with Gasteiger partial charge in [0.1, 0.15) is 6.07 Å². The van der Waals surface area contributed by atoms with Crippen LogP contribution in [0.2, 0.25) is 0 Å². The first kappa shape index (κ1) is 9.75. The van der Waals surface area contributed by atoms with Gasteiger partial charge in [-0.1, -0.05) is 15.9 Å². The van der Waals surface area contributed by atoms with Gasteiger partial charge in [-0.2, -0.15) is 5.26 Å². The molecule has 0 aromatic heterocycles. The maximum atomic E-state index is 10.7. The van der Waals surface area contributed by atoms with E-state index in [0.717, 1.165) is 10.0 Å². The minimum Gasteiger partial charge on any atom is -0.478 e. The average Bonchev–Trinajstić information content (AvgIpc) is 2.08. The molecule has 0 aliphatic rings. The topological polar surface area (TPSA) is 61.1 Å². The van der Waals surface area contributed by atoms with Gasteiger partial charge in [0, 0.05) is 4.47 Å². The van der Waals surface area contributed by atoms with Crippen molar-refractivity contribution in [3.8, 4) is 6.07 Å². The summed E-state index contributed by atoms with van der Waals surface area (Å²) >= 11 is 3.23. The minimum atomic E-state index is -1.08. The van der Waals surface area contributed by atoms with Crippen molar-refractivity contribution in [2.24, 2.45) is 0 Å². The predicted octanol–water partition coefficient (Wildman–Crippen LogP) is 2.33. The Bertz CT molecular complexity index is 407. The van der Waals surface area contributed by atoms with Crippen molar-refractivity contribution in [2.45, 2.75) is 6.92 Å². The first-order valence-corrected chi connectivity index (χ1v) is 4.29. The lowest BCUT2D eigenvalue weighted by molar-refractivity contribution is 0.0696. The molecule has 0 saturated heterocycles. The van der Waals surface area contributed by atoms with E-state index in [9.17, 15) is 4.79 Å². The predicted molar refractivity (Wildman–Crippen MR) is 50.6 cm³/mol. The molecule has 0 bridgehead atoms. The first-order chi connectivity index (χ1) is 6.06. The fraction of sp³-hybridized carbons (Fsp3) is 0.111. The van der Waals surface area contributed by atoms with E-state index in [1.165, 1.54) is 12.1 Å². The molecule has 3 nitrogen and oxygen atoms in total. The van der Waals surface area contributed by atoms with Gasteiger partial charge in [0.05, 0.1) is 11.1 Å². The molecule has 0 atom stereocenters. The van der Waals surface area contributed by atoms with Gasteiger partial charge in [0.25, 0.3) is 0 Å². The molecule has 0 radical (unpaired) electrons. The Kier molecular flexibility index (Phi) is 2.69. The van der Waals surface area contributed by atoms with Gasteiger partial charge in [-0.3, -0.25) is 0 Å². The van der Waals surface area contributed by atoms with Crippen LogP contribution < -0.4 is 0 Å². The fourth-order valence-electron chi connectivity index (χ4n) is 0.951. The average molecular weight is 240 g/mol. The number of nitrogens with zero attached hydrogens (tertiary/aromatic N) is 1. The highest BCUT2D eigenvalue weighted by atomic mass is 79.9. The van der Waals surface area contributed by atoms with Crippen LogP contribution in [0.15, 0.2) is 16.6 Å². The second kappa shape index (κ2) is 3.58. The molecule has 66 valence electrons. The first-order valence-electron chi connectivity index (χ1n) is 3.50. The third-order valence-corrected chi connectivity index (χ3v) is 2.50. The quantitative estimate of drug-likeness (QED) is 0.819. The Morgan fingerprint density at radius 3 is 2.69 bits per heavy atom. The van der Waals surface area contributed by atoms with Crippen LogP contribution in [0.1, 0.15) is 21.5 Å². The van der Waals surface area contributed by atoms with Crippen molar-refractivity contribution in [3.05, 3.63) is 33.3 Å². The maximum Gasteiger partial charge on any atom is 0.337 e. The number of carbonyl (C=O) groups is 1. The molecule has 4 heteroatoms. The van der Waals surface area contributed by atoms with Gasteiger partial charge >= 0.3 is 5.97 Å². The van der Waals surface area contributed by atoms with Gasteiger partial charge in [0.2, 0.25) is 0 Å². The van der Waals surface area contributed by atoms with Gasteiger partial charge in [0.15, 0.2) is 0 Å². The smallest absolute Gasteiger partial charge is 0.337 e. The molecule has 1 aromatic rings. The van der Waals surface area contributed by atoms with E-state index in [0.29, 0.717) is 0 Å². The van der Waals surface area contributed by atoms with Gasteiger partial charge in [-0.25, -0.2) is 4.79 Å². The van der Waals surface area contributed by atoms with E-state index < -0.39 is 5.97 Å². The summed E-state index contributed by atoms with van der Waals surface area (Å²) in [5.41, 5.74) is 1.02. The minimum absolute atomic E-state index is 0.0446. The van der Waals surface area contributed by atoms with Crippen LogP contribution in [0.25, 0.3) is 0 Å². The highest BCUT2D eigenvalue weighted by molar-refractivity contribution is 9.10.